The zero-order valence-electron chi connectivity index (χ0n) is 2.82. The Balaban J connectivity index is 0. The van der Waals surface area contributed by atoms with Crippen LogP contribution in [0.1, 0.15) is 0 Å². The first-order valence-corrected chi connectivity index (χ1v) is 0.983. The van der Waals surface area contributed by atoms with Crippen molar-refractivity contribution in [1.29, 1.82) is 0 Å². The normalized spacial score (nSPS) is 6.00. The van der Waals surface area contributed by atoms with E-state index in [1.807, 2.05) is 0 Å². The quantitative estimate of drug-likeness (QED) is 0.244. The fourth-order valence-electron chi connectivity index (χ4n) is 0. The molecule has 0 unspecified atom stereocenters. The molecule has 0 saturated carbocycles. The summed E-state index contributed by atoms with van der Waals surface area (Å²) in [6.45, 7) is 0. The van der Waals surface area contributed by atoms with Gasteiger partial charge in [-0.15, -0.1) is 0 Å². The van der Waals surface area contributed by atoms with Gasteiger partial charge in [-0.1, -0.05) is 0 Å². The fourth-order valence-corrected chi connectivity index (χ4v) is 0. The van der Waals surface area contributed by atoms with E-state index in [-0.39, 0.29) is 29.6 Å². The van der Waals surface area contributed by atoms with Gasteiger partial charge in [0.2, 0.25) is 0 Å². The summed E-state index contributed by atoms with van der Waals surface area (Å²) in [6, 6.07) is 0. The molecule has 0 aromatic heterocycles. The van der Waals surface area contributed by atoms with Gasteiger partial charge in [0, 0.05) is 0 Å². The van der Waals surface area contributed by atoms with Gasteiger partial charge in [0.25, 0.3) is 0 Å². The second kappa shape index (κ2) is 8.87. The summed E-state index contributed by atoms with van der Waals surface area (Å²) >= 11 is 0. The van der Waals surface area contributed by atoms with Gasteiger partial charge in [-0.05, 0) is 0 Å². The molecule has 0 aliphatic rings. The maximum atomic E-state index is 4.04. The number of rotatable bonds is 1. The molecule has 0 saturated heterocycles. The van der Waals surface area contributed by atoms with Crippen LogP contribution in [0.4, 0.5) is 0 Å². The Morgan fingerprint density at radius 2 is 1.20 bits per heavy atom. The van der Waals surface area contributed by atoms with Crippen molar-refractivity contribution in [2.24, 2.45) is 0 Å². The van der Waals surface area contributed by atoms with E-state index in [4.69, 9.17) is 0 Å². The minimum atomic E-state index is 0. The first-order chi connectivity index (χ1) is 1.91. The van der Waals surface area contributed by atoms with Gasteiger partial charge in [0.1, 0.15) is 0 Å². The molecule has 0 aliphatic carbocycles. The van der Waals surface area contributed by atoms with Crippen LogP contribution < -0.4 is 0 Å². The van der Waals surface area contributed by atoms with Crippen molar-refractivity contribution in [1.82, 2.24) is 0 Å². The molecule has 0 bridgehead atoms. The maximum absolute atomic E-state index is 4.04. The van der Waals surface area contributed by atoms with E-state index in [2.05, 4.69) is 9.78 Å². The summed E-state index contributed by atoms with van der Waals surface area (Å²) in [5.74, 6) is 0. The van der Waals surface area contributed by atoms with Crippen LogP contribution in [-0.4, -0.2) is 43.8 Å². The van der Waals surface area contributed by atoms with Crippen molar-refractivity contribution in [3.8, 4) is 0 Å². The SMILES string of the molecule is COOC.[NaH]. The Bertz CT molecular complexity index is 9.61. The van der Waals surface area contributed by atoms with E-state index >= 15 is 0 Å². The molecule has 0 heterocycles. The van der Waals surface area contributed by atoms with E-state index in [1.165, 1.54) is 14.2 Å². The molecule has 5 heavy (non-hydrogen) atoms. The molecule has 0 amide bonds. The van der Waals surface area contributed by atoms with Gasteiger partial charge in [0.15, 0.2) is 0 Å². The van der Waals surface area contributed by atoms with Gasteiger partial charge < -0.3 is 0 Å². The average Bonchev–Trinajstić information content (AvgIpc) is 1.37. The molecule has 0 atom stereocenters. The van der Waals surface area contributed by atoms with Gasteiger partial charge in [-0.3, -0.25) is 0 Å². The Kier molecular flexibility index (Phi) is 16.5. The van der Waals surface area contributed by atoms with Crippen LogP contribution in [-0.2, 0) is 9.78 Å². The van der Waals surface area contributed by atoms with Crippen LogP contribution in [0, 0.1) is 0 Å². The molecule has 0 aliphatic heterocycles. The minimum absolute atomic E-state index is 0. The zero-order valence-corrected chi connectivity index (χ0v) is 2.82. The van der Waals surface area contributed by atoms with E-state index in [1.54, 1.807) is 0 Å². The Morgan fingerprint density at radius 3 is 1.20 bits per heavy atom. The number of hydrogen-bond donors (Lipinski definition) is 0. The van der Waals surface area contributed by atoms with E-state index < -0.39 is 0 Å². The first kappa shape index (κ1) is 9.33. The first-order valence-electron chi connectivity index (χ1n) is 0.983. The molecular formula is C2H7NaO2. The molecule has 0 rings (SSSR count). The molecule has 0 spiro atoms. The third-order valence-corrected chi connectivity index (χ3v) is 0.167. The van der Waals surface area contributed by atoms with Crippen LogP contribution in [0.5, 0.6) is 0 Å². The van der Waals surface area contributed by atoms with Crippen molar-refractivity contribution >= 4 is 29.6 Å². The van der Waals surface area contributed by atoms with Crippen molar-refractivity contribution in [3.63, 3.8) is 0 Å². The summed E-state index contributed by atoms with van der Waals surface area (Å²) in [7, 11) is 2.92. The van der Waals surface area contributed by atoms with Crippen LogP contribution in [0.2, 0.25) is 0 Å². The predicted octanol–water partition coefficient (Wildman–Crippen LogP) is -0.454. The van der Waals surface area contributed by atoms with Crippen LogP contribution >= 0.6 is 0 Å². The Labute approximate surface area is 53.7 Å². The van der Waals surface area contributed by atoms with E-state index in [0.29, 0.717) is 0 Å². The Hall–Kier alpha value is 0.920. The molecule has 0 N–H and O–H groups in total. The molecule has 2 nitrogen and oxygen atoms in total. The molecule has 28 valence electrons. The standard InChI is InChI=1S/C2H6O2.Na.H/c1-3-4-2;;/h1-2H3;;. The fraction of sp³-hybridized carbons (Fsp3) is 1.00. The Morgan fingerprint density at radius 1 is 1.00 bits per heavy atom. The summed E-state index contributed by atoms with van der Waals surface area (Å²) in [5, 5.41) is 0. The van der Waals surface area contributed by atoms with Gasteiger partial charge >= 0.3 is 29.6 Å². The number of hydrogen-bond acceptors (Lipinski definition) is 2. The third-order valence-electron chi connectivity index (χ3n) is 0.167. The second-order valence-electron chi connectivity index (χ2n) is 0.333. The van der Waals surface area contributed by atoms with Crippen molar-refractivity contribution in [2.45, 2.75) is 0 Å². The van der Waals surface area contributed by atoms with E-state index in [9.17, 15) is 0 Å². The average molecular weight is 86.1 g/mol. The molecule has 0 radical (unpaired) electrons. The second-order valence-corrected chi connectivity index (χ2v) is 0.333. The van der Waals surface area contributed by atoms with Crippen LogP contribution in [0.3, 0.4) is 0 Å². The van der Waals surface area contributed by atoms with Crippen LogP contribution in [0.15, 0.2) is 0 Å². The monoisotopic (exact) mass is 86.0 g/mol. The summed E-state index contributed by atoms with van der Waals surface area (Å²) < 4.78 is 0. The molecular weight excluding hydrogens is 79.0 g/mol. The molecule has 0 fully saturated rings. The van der Waals surface area contributed by atoms with Gasteiger partial charge in [-0.2, -0.15) is 0 Å². The topological polar surface area (TPSA) is 18.5 Å². The van der Waals surface area contributed by atoms with Gasteiger partial charge in [0.05, 0.1) is 14.2 Å². The summed E-state index contributed by atoms with van der Waals surface area (Å²) in [6.07, 6.45) is 0. The summed E-state index contributed by atoms with van der Waals surface area (Å²) in [5.41, 5.74) is 0. The van der Waals surface area contributed by atoms with Crippen molar-refractivity contribution in [2.75, 3.05) is 14.2 Å². The predicted molar refractivity (Wildman–Crippen MR) is 21.2 cm³/mol. The van der Waals surface area contributed by atoms with Gasteiger partial charge in [-0.25, -0.2) is 9.78 Å². The summed E-state index contributed by atoms with van der Waals surface area (Å²) in [4.78, 5) is 8.08. The van der Waals surface area contributed by atoms with Crippen molar-refractivity contribution in [3.05, 3.63) is 0 Å². The van der Waals surface area contributed by atoms with Crippen LogP contribution in [0.25, 0.3) is 0 Å². The molecule has 0 aromatic carbocycles. The zero-order chi connectivity index (χ0) is 3.41. The van der Waals surface area contributed by atoms with E-state index in [0.717, 1.165) is 0 Å². The van der Waals surface area contributed by atoms with Crippen molar-refractivity contribution < 1.29 is 9.78 Å². The molecule has 3 heteroatoms. The third kappa shape index (κ3) is 11.4. The molecule has 0 aromatic rings.